The van der Waals surface area contributed by atoms with Gasteiger partial charge in [0, 0.05) is 28.9 Å². The second-order valence-electron chi connectivity index (χ2n) is 6.69. The number of guanidine groups is 1. The number of aromatic nitrogens is 3. The molecule has 0 amide bonds. The predicted octanol–water partition coefficient (Wildman–Crippen LogP) is 3.11. The molecule has 6 nitrogen and oxygen atoms in total. The van der Waals surface area contributed by atoms with Gasteiger partial charge in [0.1, 0.15) is 6.54 Å². The highest BCUT2D eigenvalue weighted by Gasteiger charge is 2.43. The summed E-state index contributed by atoms with van der Waals surface area (Å²) in [5, 5.41) is 15.3. The van der Waals surface area contributed by atoms with Crippen molar-refractivity contribution < 1.29 is 0 Å². The Labute approximate surface area is 163 Å². The molecule has 27 heavy (non-hydrogen) atoms. The topological polar surface area (TPSA) is 66.6 Å². The van der Waals surface area contributed by atoms with Crippen LogP contribution in [0.5, 0.6) is 0 Å². The average Bonchev–Trinajstić information content (AvgIpc) is 3.34. The minimum atomic E-state index is 0.277. The lowest BCUT2D eigenvalue weighted by Crippen LogP contribution is -2.41. The zero-order chi connectivity index (χ0) is 18.5. The van der Waals surface area contributed by atoms with Crippen molar-refractivity contribution in [3.05, 3.63) is 60.6 Å². The molecule has 4 rings (SSSR count). The molecule has 2 aromatic heterocycles. The van der Waals surface area contributed by atoms with Gasteiger partial charge in [0.15, 0.2) is 17.4 Å². The Morgan fingerprint density at radius 3 is 2.70 bits per heavy atom. The van der Waals surface area contributed by atoms with Crippen LogP contribution in [-0.2, 0) is 6.54 Å². The first-order valence-corrected chi connectivity index (χ1v) is 10.1. The third-order valence-corrected chi connectivity index (χ3v) is 6.06. The van der Waals surface area contributed by atoms with Gasteiger partial charge in [-0.2, -0.15) is 0 Å². The number of fused-ring (bicyclic) bond motifs is 1. The lowest BCUT2D eigenvalue weighted by molar-refractivity contribution is 0.762. The molecule has 0 spiro atoms. The molecule has 0 saturated heterocycles. The highest BCUT2D eigenvalue weighted by molar-refractivity contribution is 8.01. The molecule has 0 bridgehead atoms. The van der Waals surface area contributed by atoms with Crippen molar-refractivity contribution in [3.63, 3.8) is 0 Å². The first-order valence-electron chi connectivity index (χ1n) is 9.33. The van der Waals surface area contributed by atoms with Gasteiger partial charge in [-0.1, -0.05) is 24.3 Å². The van der Waals surface area contributed by atoms with Gasteiger partial charge in [-0.3, -0.25) is 4.40 Å². The van der Waals surface area contributed by atoms with Crippen molar-refractivity contribution in [1.82, 2.24) is 25.2 Å². The largest absolute Gasteiger partial charge is 0.357 e. The number of rotatable bonds is 7. The lowest BCUT2D eigenvalue weighted by atomic mass is 10.4. The van der Waals surface area contributed by atoms with Gasteiger partial charge in [-0.05, 0) is 44.0 Å². The smallest absolute Gasteiger partial charge is 0.191 e. The quantitative estimate of drug-likeness (QED) is 0.487. The summed E-state index contributed by atoms with van der Waals surface area (Å²) in [5.41, 5.74) is 0.844. The van der Waals surface area contributed by atoms with Crippen LogP contribution >= 0.6 is 11.8 Å². The monoisotopic (exact) mass is 380 g/mol. The van der Waals surface area contributed by atoms with Gasteiger partial charge in [0.2, 0.25) is 0 Å². The van der Waals surface area contributed by atoms with E-state index in [2.05, 4.69) is 58.1 Å². The van der Waals surface area contributed by atoms with Crippen LogP contribution in [0.15, 0.2) is 64.6 Å². The molecule has 1 aromatic carbocycles. The molecule has 1 saturated carbocycles. The van der Waals surface area contributed by atoms with E-state index in [4.69, 9.17) is 4.99 Å². The fraction of sp³-hybridized carbons (Fsp3) is 0.350. The molecule has 0 radical (unpaired) electrons. The average molecular weight is 381 g/mol. The van der Waals surface area contributed by atoms with Gasteiger partial charge < -0.3 is 10.6 Å². The van der Waals surface area contributed by atoms with Crippen molar-refractivity contribution in [2.24, 2.45) is 4.99 Å². The Hall–Kier alpha value is -2.54. The number of pyridine rings is 1. The van der Waals surface area contributed by atoms with Gasteiger partial charge >= 0.3 is 0 Å². The number of benzene rings is 1. The second-order valence-corrected chi connectivity index (χ2v) is 8.23. The summed E-state index contributed by atoms with van der Waals surface area (Å²) >= 11 is 1.96. The first-order chi connectivity index (χ1) is 13.3. The zero-order valence-electron chi connectivity index (χ0n) is 15.4. The number of thioether (sulfide) groups is 1. The van der Waals surface area contributed by atoms with Gasteiger partial charge in [0.05, 0.1) is 0 Å². The summed E-state index contributed by atoms with van der Waals surface area (Å²) in [6.45, 7) is 4.29. The van der Waals surface area contributed by atoms with E-state index in [-0.39, 0.29) is 4.75 Å². The van der Waals surface area contributed by atoms with E-state index < -0.39 is 0 Å². The molecular weight excluding hydrogens is 356 g/mol. The molecule has 0 unspecified atom stereocenters. The van der Waals surface area contributed by atoms with E-state index in [1.54, 1.807) is 0 Å². The number of nitrogens with zero attached hydrogens (tertiary/aromatic N) is 4. The first kappa shape index (κ1) is 17.9. The van der Waals surface area contributed by atoms with E-state index in [0.717, 1.165) is 30.5 Å². The number of aliphatic imine (C=N–C) groups is 1. The summed E-state index contributed by atoms with van der Waals surface area (Å²) < 4.78 is 2.25. The van der Waals surface area contributed by atoms with Crippen LogP contribution in [0.1, 0.15) is 25.6 Å². The Balaban J connectivity index is 1.40. The lowest BCUT2D eigenvalue weighted by Gasteiger charge is -2.18. The molecule has 3 aromatic rings. The predicted molar refractivity (Wildman–Crippen MR) is 110 cm³/mol. The maximum atomic E-state index is 4.71. The van der Waals surface area contributed by atoms with Crippen LogP contribution in [0, 0.1) is 0 Å². The standard InChI is InChI=1S/C20H24N6S/c1-2-21-19(22-14-18-25-24-17-10-6-7-13-26(17)18)23-15-20(11-12-20)27-16-8-4-3-5-9-16/h3-10,13H,2,11-12,14-15H2,1H3,(H2,21,22,23). The fourth-order valence-electron chi connectivity index (χ4n) is 2.93. The van der Waals surface area contributed by atoms with Crippen LogP contribution in [-0.4, -0.2) is 38.4 Å². The summed E-state index contributed by atoms with van der Waals surface area (Å²) in [6.07, 6.45) is 4.43. The van der Waals surface area contributed by atoms with E-state index in [1.165, 1.54) is 17.7 Å². The molecule has 0 aliphatic heterocycles. The number of hydrogen-bond acceptors (Lipinski definition) is 4. The van der Waals surface area contributed by atoms with E-state index in [1.807, 2.05) is 40.6 Å². The van der Waals surface area contributed by atoms with Crippen molar-refractivity contribution in [1.29, 1.82) is 0 Å². The van der Waals surface area contributed by atoms with E-state index in [0.29, 0.717) is 6.54 Å². The summed E-state index contributed by atoms with van der Waals surface area (Å²) in [6, 6.07) is 16.5. The highest BCUT2D eigenvalue weighted by atomic mass is 32.2. The Morgan fingerprint density at radius 2 is 1.93 bits per heavy atom. The maximum absolute atomic E-state index is 4.71. The third kappa shape index (κ3) is 4.42. The molecule has 1 aliphatic rings. The van der Waals surface area contributed by atoms with Gasteiger partial charge in [0.25, 0.3) is 0 Å². The van der Waals surface area contributed by atoms with E-state index >= 15 is 0 Å². The van der Waals surface area contributed by atoms with Crippen molar-refractivity contribution in [2.45, 2.75) is 36.0 Å². The SMILES string of the molecule is CCNC(=NCc1nnc2ccccn12)NCC1(Sc2ccccc2)CC1. The summed E-state index contributed by atoms with van der Waals surface area (Å²) in [7, 11) is 0. The van der Waals surface area contributed by atoms with Crippen LogP contribution in [0.3, 0.4) is 0 Å². The Morgan fingerprint density at radius 1 is 1.11 bits per heavy atom. The van der Waals surface area contributed by atoms with Gasteiger partial charge in [-0.15, -0.1) is 22.0 Å². The van der Waals surface area contributed by atoms with Gasteiger partial charge in [-0.25, -0.2) is 4.99 Å². The minimum absolute atomic E-state index is 0.277. The molecule has 140 valence electrons. The third-order valence-electron chi connectivity index (χ3n) is 4.57. The Kier molecular flexibility index (Phi) is 5.29. The van der Waals surface area contributed by atoms with Crippen molar-refractivity contribution >= 4 is 23.4 Å². The molecule has 2 heterocycles. The Bertz CT molecular complexity index is 916. The van der Waals surface area contributed by atoms with Crippen LogP contribution in [0.2, 0.25) is 0 Å². The van der Waals surface area contributed by atoms with Crippen LogP contribution < -0.4 is 10.6 Å². The highest BCUT2D eigenvalue weighted by Crippen LogP contribution is 2.51. The van der Waals surface area contributed by atoms with Crippen LogP contribution in [0.25, 0.3) is 5.65 Å². The summed E-state index contributed by atoms with van der Waals surface area (Å²) in [4.78, 5) is 6.03. The molecule has 0 atom stereocenters. The minimum Gasteiger partial charge on any atom is -0.357 e. The van der Waals surface area contributed by atoms with Crippen LogP contribution in [0.4, 0.5) is 0 Å². The summed E-state index contributed by atoms with van der Waals surface area (Å²) in [5.74, 6) is 1.66. The molecule has 1 fully saturated rings. The number of hydrogen-bond donors (Lipinski definition) is 2. The molecule has 7 heteroatoms. The number of nitrogens with one attached hydrogen (secondary N) is 2. The normalized spacial score (nSPS) is 15.7. The molecular formula is C20H24N6S. The maximum Gasteiger partial charge on any atom is 0.191 e. The fourth-order valence-corrected chi connectivity index (χ4v) is 4.17. The zero-order valence-corrected chi connectivity index (χ0v) is 16.2. The molecule has 2 N–H and O–H groups in total. The van der Waals surface area contributed by atoms with Crippen molar-refractivity contribution in [3.8, 4) is 0 Å². The second kappa shape index (κ2) is 8.00. The van der Waals surface area contributed by atoms with E-state index in [9.17, 15) is 0 Å². The molecule has 1 aliphatic carbocycles. The van der Waals surface area contributed by atoms with Crippen molar-refractivity contribution in [2.75, 3.05) is 13.1 Å².